The van der Waals surface area contributed by atoms with Crippen molar-refractivity contribution in [2.24, 2.45) is 0 Å². The molecule has 2 aromatic heterocycles. The molecule has 4 N–H and O–H groups in total. The van der Waals surface area contributed by atoms with Crippen LogP contribution in [0, 0.1) is 0 Å². The number of carbonyl (C=O) groups is 1. The van der Waals surface area contributed by atoms with Gasteiger partial charge in [0.05, 0.1) is 23.8 Å². The number of phenolic OH excluding ortho intramolecular Hbond substituents is 1. The third kappa shape index (κ3) is 3.73. The SMILES string of the molecule is COc1cccc(-c2ccc(-n3c(Cl)cc4[nH]c(=O)c(-c5ccc(C(=O)O)cc5)c(O)c43)cc2)c1O. The van der Waals surface area contributed by atoms with E-state index in [-0.39, 0.29) is 33.3 Å². The summed E-state index contributed by atoms with van der Waals surface area (Å²) in [6.45, 7) is 0. The summed E-state index contributed by atoms with van der Waals surface area (Å²) >= 11 is 6.51. The minimum absolute atomic E-state index is 0.00613. The van der Waals surface area contributed by atoms with Gasteiger partial charge in [-0.15, -0.1) is 0 Å². The summed E-state index contributed by atoms with van der Waals surface area (Å²) in [7, 11) is 1.48. The molecule has 0 amide bonds. The molecule has 2 heterocycles. The molecule has 9 heteroatoms. The second-order valence-electron chi connectivity index (χ2n) is 8.03. The Kier molecular flexibility index (Phi) is 5.66. The number of hydrogen-bond donors (Lipinski definition) is 4. The van der Waals surface area contributed by atoms with E-state index in [4.69, 9.17) is 21.4 Å². The van der Waals surface area contributed by atoms with E-state index in [9.17, 15) is 19.8 Å². The highest BCUT2D eigenvalue weighted by atomic mass is 35.5. The van der Waals surface area contributed by atoms with E-state index < -0.39 is 11.5 Å². The number of nitrogens with zero attached hydrogens (tertiary/aromatic N) is 1. The largest absolute Gasteiger partial charge is 0.505 e. The van der Waals surface area contributed by atoms with Crippen molar-refractivity contribution in [1.29, 1.82) is 0 Å². The quantitative estimate of drug-likeness (QED) is 0.254. The maximum absolute atomic E-state index is 12.8. The molecule has 0 radical (unpaired) electrons. The first-order chi connectivity index (χ1) is 17.3. The second kappa shape index (κ2) is 8.83. The van der Waals surface area contributed by atoms with Gasteiger partial charge in [-0.1, -0.05) is 48.0 Å². The number of H-pyrrole nitrogens is 1. The first-order valence-electron chi connectivity index (χ1n) is 10.8. The standard InChI is InChI=1S/C27H19ClN2O6/c1-36-20-4-2-3-18(24(20)31)14-9-11-17(12-10-14)30-21(28)13-19-23(30)25(32)22(26(33)29-19)15-5-7-16(8-6-15)27(34)35/h2-13,31H,1H3,(H,34,35)(H2,29,32,33). The molecular weight excluding hydrogens is 484 g/mol. The number of aromatic hydroxyl groups is 2. The van der Waals surface area contributed by atoms with Gasteiger partial charge >= 0.3 is 5.97 Å². The van der Waals surface area contributed by atoms with Crippen LogP contribution < -0.4 is 10.3 Å². The first kappa shape index (κ1) is 23.1. The van der Waals surface area contributed by atoms with Crippen molar-refractivity contribution < 1.29 is 24.9 Å². The Morgan fingerprint density at radius 1 is 0.944 bits per heavy atom. The van der Waals surface area contributed by atoms with Crippen LogP contribution in [0.1, 0.15) is 10.4 Å². The fourth-order valence-electron chi connectivity index (χ4n) is 4.23. The Morgan fingerprint density at radius 3 is 2.25 bits per heavy atom. The molecule has 0 saturated heterocycles. The topological polar surface area (TPSA) is 125 Å². The zero-order chi connectivity index (χ0) is 25.6. The van der Waals surface area contributed by atoms with Gasteiger partial charge in [-0.2, -0.15) is 0 Å². The number of ether oxygens (including phenoxy) is 1. The third-order valence-electron chi connectivity index (χ3n) is 5.97. The molecule has 8 nitrogen and oxygen atoms in total. The first-order valence-corrected chi connectivity index (χ1v) is 11.1. The van der Waals surface area contributed by atoms with Crippen LogP contribution in [0.3, 0.4) is 0 Å². The Hall–Kier alpha value is -4.69. The van der Waals surface area contributed by atoms with Crippen molar-refractivity contribution in [2.75, 3.05) is 7.11 Å². The number of rotatable bonds is 5. The number of hydrogen-bond acceptors (Lipinski definition) is 5. The van der Waals surface area contributed by atoms with Crippen molar-refractivity contribution in [3.8, 4) is 45.2 Å². The summed E-state index contributed by atoms with van der Waals surface area (Å²) in [4.78, 5) is 26.7. The Bertz CT molecular complexity index is 1690. The number of methoxy groups -OCH3 is 1. The fourth-order valence-corrected chi connectivity index (χ4v) is 4.52. The van der Waals surface area contributed by atoms with E-state index in [0.29, 0.717) is 28.1 Å². The maximum Gasteiger partial charge on any atom is 0.335 e. The number of pyridine rings is 1. The molecule has 3 aromatic carbocycles. The zero-order valence-electron chi connectivity index (χ0n) is 18.8. The van der Waals surface area contributed by atoms with Crippen LogP contribution in [0.2, 0.25) is 5.15 Å². The summed E-state index contributed by atoms with van der Waals surface area (Å²) in [5.74, 6) is -1.01. The highest BCUT2D eigenvalue weighted by molar-refractivity contribution is 6.31. The number of para-hydroxylation sites is 1. The van der Waals surface area contributed by atoms with E-state index in [1.807, 2.05) is 0 Å². The van der Waals surface area contributed by atoms with Crippen molar-refractivity contribution in [2.45, 2.75) is 0 Å². The molecule has 0 aliphatic carbocycles. The molecule has 0 aliphatic rings. The molecule has 0 fully saturated rings. The monoisotopic (exact) mass is 502 g/mol. The van der Waals surface area contributed by atoms with Crippen LogP contribution in [-0.4, -0.2) is 37.9 Å². The summed E-state index contributed by atoms with van der Waals surface area (Å²) < 4.78 is 6.77. The molecule has 36 heavy (non-hydrogen) atoms. The molecule has 0 unspecified atom stereocenters. The van der Waals surface area contributed by atoms with Gasteiger partial charge in [0.1, 0.15) is 10.7 Å². The number of nitrogens with one attached hydrogen (secondary N) is 1. The molecule has 5 rings (SSSR count). The van der Waals surface area contributed by atoms with Crippen molar-refractivity contribution in [1.82, 2.24) is 9.55 Å². The highest BCUT2D eigenvalue weighted by Crippen LogP contribution is 2.39. The number of aromatic amines is 1. The molecule has 0 spiro atoms. The van der Waals surface area contributed by atoms with Crippen molar-refractivity contribution in [3.63, 3.8) is 0 Å². The lowest BCUT2D eigenvalue weighted by Gasteiger charge is -2.13. The number of carboxylic acids is 1. The number of phenols is 1. The average Bonchev–Trinajstić information content (AvgIpc) is 3.20. The third-order valence-corrected chi connectivity index (χ3v) is 6.25. The van der Waals surface area contributed by atoms with Crippen molar-refractivity contribution >= 4 is 28.6 Å². The van der Waals surface area contributed by atoms with Crippen LogP contribution in [0.15, 0.2) is 77.6 Å². The van der Waals surface area contributed by atoms with E-state index in [1.54, 1.807) is 47.0 Å². The Balaban J connectivity index is 1.64. The van der Waals surface area contributed by atoms with Gasteiger partial charge in [0.15, 0.2) is 17.2 Å². The van der Waals surface area contributed by atoms with Crippen LogP contribution in [0.25, 0.3) is 39.0 Å². The van der Waals surface area contributed by atoms with Crippen LogP contribution >= 0.6 is 11.6 Å². The molecule has 5 aromatic rings. The van der Waals surface area contributed by atoms with Gasteiger partial charge in [-0.3, -0.25) is 9.36 Å². The normalized spacial score (nSPS) is 11.1. The van der Waals surface area contributed by atoms with Crippen LogP contribution in [-0.2, 0) is 0 Å². The summed E-state index contributed by atoms with van der Waals surface area (Å²) in [5.41, 5.74) is 2.42. The van der Waals surface area contributed by atoms with E-state index >= 15 is 0 Å². The number of aromatic carboxylic acids is 1. The molecule has 0 saturated carbocycles. The lowest BCUT2D eigenvalue weighted by atomic mass is 10.0. The lowest BCUT2D eigenvalue weighted by molar-refractivity contribution is 0.0697. The molecule has 0 atom stereocenters. The Morgan fingerprint density at radius 2 is 1.61 bits per heavy atom. The van der Waals surface area contributed by atoms with Crippen LogP contribution in [0.5, 0.6) is 17.2 Å². The number of carboxylic acid groups (broad SMARTS) is 1. The second-order valence-corrected chi connectivity index (χ2v) is 8.42. The molecule has 180 valence electrons. The minimum atomic E-state index is -1.10. The lowest BCUT2D eigenvalue weighted by Crippen LogP contribution is -2.10. The number of fused-ring (bicyclic) bond motifs is 1. The van der Waals surface area contributed by atoms with Gasteiger partial charge in [0.2, 0.25) is 0 Å². The molecule has 0 aliphatic heterocycles. The predicted molar refractivity (Wildman–Crippen MR) is 137 cm³/mol. The van der Waals surface area contributed by atoms with Crippen molar-refractivity contribution in [3.05, 3.63) is 93.9 Å². The minimum Gasteiger partial charge on any atom is -0.505 e. The van der Waals surface area contributed by atoms with Crippen LogP contribution in [0.4, 0.5) is 0 Å². The Labute approximate surface area is 209 Å². The van der Waals surface area contributed by atoms with Gasteiger partial charge in [0.25, 0.3) is 5.56 Å². The van der Waals surface area contributed by atoms with E-state index in [2.05, 4.69) is 4.98 Å². The number of aromatic nitrogens is 2. The summed E-state index contributed by atoms with van der Waals surface area (Å²) in [6, 6.07) is 19.5. The summed E-state index contributed by atoms with van der Waals surface area (Å²) in [5, 5.41) is 31.1. The average molecular weight is 503 g/mol. The smallest absolute Gasteiger partial charge is 0.335 e. The molecular formula is C27H19ClN2O6. The maximum atomic E-state index is 12.8. The number of benzene rings is 3. The van der Waals surface area contributed by atoms with Gasteiger partial charge < -0.3 is 25.0 Å². The van der Waals surface area contributed by atoms with Gasteiger partial charge in [-0.05, 0) is 47.5 Å². The van der Waals surface area contributed by atoms with E-state index in [0.717, 1.165) is 5.56 Å². The fraction of sp³-hybridized carbons (Fsp3) is 0.0370. The molecule has 0 bridgehead atoms. The van der Waals surface area contributed by atoms with E-state index in [1.165, 1.54) is 37.4 Å². The predicted octanol–water partition coefficient (Wildman–Crippen LogP) is 5.42. The highest BCUT2D eigenvalue weighted by Gasteiger charge is 2.21. The van der Waals surface area contributed by atoms with Gasteiger partial charge in [-0.25, -0.2) is 4.79 Å². The number of halogens is 1. The van der Waals surface area contributed by atoms with Gasteiger partial charge in [0, 0.05) is 11.3 Å². The summed E-state index contributed by atoms with van der Waals surface area (Å²) in [6.07, 6.45) is 0. The zero-order valence-corrected chi connectivity index (χ0v) is 19.6.